The molecular formula is C32H36ClF3N6O4. The summed E-state index contributed by atoms with van der Waals surface area (Å²) in [7, 11) is 0. The van der Waals surface area contributed by atoms with Crippen molar-refractivity contribution in [3.8, 4) is 0 Å². The average molecular weight is 661 g/mol. The summed E-state index contributed by atoms with van der Waals surface area (Å²) in [6, 6.07) is 1.66. The van der Waals surface area contributed by atoms with Crippen LogP contribution in [0, 0.1) is 13.8 Å². The number of carbonyl (C=O) groups excluding carboxylic acids is 2. The standard InChI is InChI=1S/C32H36ClF3N6O4/c1-15-13-23(29(44)39-20-8-7-18(14-19(20)33)32(34,35)36)42-25(15)26(27(43)24-28(42)38-17(3)16(2)37-24)40-11-12-41(22-10-9-21(22)40)30(45)46-31(4,5)6/h7-8,14-15,21-23H,9-13H2,1-6H3,(H,39,44)/t15?,21-,22-,23?/m0/s1. The summed E-state index contributed by atoms with van der Waals surface area (Å²) in [5.41, 5.74) is 0.857. The number of amides is 2. The van der Waals surface area contributed by atoms with Gasteiger partial charge in [0.05, 0.1) is 39.4 Å². The third kappa shape index (κ3) is 5.46. The Bertz CT molecular complexity index is 1820. The van der Waals surface area contributed by atoms with Gasteiger partial charge in [0.15, 0.2) is 11.2 Å². The van der Waals surface area contributed by atoms with Crippen LogP contribution in [0.1, 0.15) is 81.6 Å². The summed E-state index contributed by atoms with van der Waals surface area (Å²) in [5, 5.41) is 2.46. The van der Waals surface area contributed by atoms with Gasteiger partial charge in [-0.2, -0.15) is 13.2 Å². The van der Waals surface area contributed by atoms with E-state index in [1.54, 1.807) is 23.3 Å². The Labute approximate surface area is 268 Å². The van der Waals surface area contributed by atoms with E-state index in [1.165, 1.54) is 0 Å². The molecule has 6 rings (SSSR count). The molecule has 3 aliphatic rings. The molecule has 2 amide bonds. The van der Waals surface area contributed by atoms with Crippen molar-refractivity contribution < 1.29 is 27.5 Å². The molecule has 4 atom stereocenters. The summed E-state index contributed by atoms with van der Waals surface area (Å²) in [6.07, 6.45) is -3.11. The SMILES string of the molecule is Cc1nc2c(=O)c(N3CCN(C(=O)OC(C)(C)C)[C@H]4CC[C@@H]43)c3n(c2nc1C)C(C(=O)Nc1ccc(C(F)(F)F)cc1Cl)CC3C. The molecule has 0 bridgehead atoms. The van der Waals surface area contributed by atoms with E-state index in [1.807, 2.05) is 27.7 Å². The summed E-state index contributed by atoms with van der Waals surface area (Å²) in [6.45, 7) is 11.7. The smallest absolute Gasteiger partial charge is 0.416 e. The normalized spacial score (nSPS) is 22.7. The lowest BCUT2D eigenvalue weighted by molar-refractivity contribution is -0.137. The molecule has 1 saturated carbocycles. The van der Waals surface area contributed by atoms with Gasteiger partial charge in [-0.3, -0.25) is 9.59 Å². The van der Waals surface area contributed by atoms with E-state index in [0.29, 0.717) is 42.3 Å². The van der Waals surface area contributed by atoms with Gasteiger partial charge in [0.1, 0.15) is 17.3 Å². The van der Waals surface area contributed by atoms with E-state index < -0.39 is 29.3 Å². The van der Waals surface area contributed by atoms with Crippen LogP contribution in [0.3, 0.4) is 0 Å². The van der Waals surface area contributed by atoms with E-state index in [4.69, 9.17) is 21.3 Å². The Kier molecular flexibility index (Phi) is 7.77. The number of carbonyl (C=O) groups is 2. The number of fused-ring (bicyclic) bond motifs is 4. The molecule has 1 aliphatic carbocycles. The maximum Gasteiger partial charge on any atom is 0.416 e. The van der Waals surface area contributed by atoms with Crippen molar-refractivity contribution in [2.75, 3.05) is 23.3 Å². The number of rotatable bonds is 3. The summed E-state index contributed by atoms with van der Waals surface area (Å²) >= 11 is 6.17. The molecule has 10 nitrogen and oxygen atoms in total. The molecule has 2 fully saturated rings. The third-order valence-corrected chi connectivity index (χ3v) is 9.47. The molecule has 0 radical (unpaired) electrons. The number of piperazine rings is 1. The lowest BCUT2D eigenvalue weighted by Crippen LogP contribution is -2.67. The molecule has 246 valence electrons. The van der Waals surface area contributed by atoms with Gasteiger partial charge in [-0.15, -0.1) is 0 Å². The molecular weight excluding hydrogens is 625 g/mol. The second kappa shape index (κ2) is 11.1. The van der Waals surface area contributed by atoms with E-state index in [2.05, 4.69) is 15.2 Å². The third-order valence-electron chi connectivity index (χ3n) is 9.16. The highest BCUT2D eigenvalue weighted by Gasteiger charge is 2.49. The van der Waals surface area contributed by atoms with Crippen molar-refractivity contribution in [1.82, 2.24) is 19.4 Å². The average Bonchev–Trinajstić information content (AvgIpc) is 3.27. The van der Waals surface area contributed by atoms with Crippen molar-refractivity contribution in [1.29, 1.82) is 0 Å². The van der Waals surface area contributed by atoms with Crippen LogP contribution in [0.4, 0.5) is 29.3 Å². The minimum Gasteiger partial charge on any atom is -0.444 e. The van der Waals surface area contributed by atoms with Crippen molar-refractivity contribution in [3.63, 3.8) is 0 Å². The maximum absolute atomic E-state index is 14.3. The van der Waals surface area contributed by atoms with Crippen LogP contribution < -0.4 is 15.6 Å². The highest BCUT2D eigenvalue weighted by atomic mass is 35.5. The molecule has 1 N–H and O–H groups in total. The molecule has 4 heterocycles. The van der Waals surface area contributed by atoms with E-state index in [9.17, 15) is 27.6 Å². The number of halogens is 4. The molecule has 2 unspecified atom stereocenters. The first-order chi connectivity index (χ1) is 21.5. The Morgan fingerprint density at radius 3 is 2.33 bits per heavy atom. The van der Waals surface area contributed by atoms with Crippen LogP contribution >= 0.6 is 11.6 Å². The fourth-order valence-corrected chi connectivity index (χ4v) is 7.01. The largest absolute Gasteiger partial charge is 0.444 e. The number of anilines is 2. The molecule has 1 aromatic carbocycles. The molecule has 46 heavy (non-hydrogen) atoms. The van der Waals surface area contributed by atoms with Gasteiger partial charge in [0.2, 0.25) is 11.3 Å². The number of hydrogen-bond donors (Lipinski definition) is 1. The van der Waals surface area contributed by atoms with E-state index in [-0.39, 0.29) is 51.4 Å². The zero-order valence-corrected chi connectivity index (χ0v) is 27.2. The number of aromatic nitrogens is 3. The van der Waals surface area contributed by atoms with Crippen molar-refractivity contribution in [2.45, 2.75) is 96.6 Å². The van der Waals surface area contributed by atoms with Crippen LogP contribution in [-0.2, 0) is 15.7 Å². The Morgan fingerprint density at radius 2 is 1.72 bits per heavy atom. The molecule has 2 aliphatic heterocycles. The number of pyridine rings is 1. The topological polar surface area (TPSA) is 110 Å². The van der Waals surface area contributed by atoms with Gasteiger partial charge in [-0.25, -0.2) is 14.8 Å². The number of benzene rings is 1. The fraction of sp³-hybridized carbons (Fsp3) is 0.531. The van der Waals surface area contributed by atoms with Gasteiger partial charge >= 0.3 is 12.3 Å². The van der Waals surface area contributed by atoms with Crippen LogP contribution in [0.2, 0.25) is 5.02 Å². The summed E-state index contributed by atoms with van der Waals surface area (Å²) in [4.78, 5) is 54.4. The van der Waals surface area contributed by atoms with Gasteiger partial charge < -0.3 is 24.4 Å². The van der Waals surface area contributed by atoms with E-state index >= 15 is 0 Å². The highest BCUT2D eigenvalue weighted by molar-refractivity contribution is 6.33. The van der Waals surface area contributed by atoms with Crippen LogP contribution in [0.25, 0.3) is 11.2 Å². The predicted octanol–water partition coefficient (Wildman–Crippen LogP) is 6.36. The first-order valence-electron chi connectivity index (χ1n) is 15.3. The zero-order chi connectivity index (χ0) is 33.5. The Morgan fingerprint density at radius 1 is 1.04 bits per heavy atom. The first kappa shape index (κ1) is 32.1. The fourth-order valence-electron chi connectivity index (χ4n) is 6.78. The minimum atomic E-state index is -4.58. The number of hydrogen-bond acceptors (Lipinski definition) is 7. The van der Waals surface area contributed by atoms with Crippen molar-refractivity contribution in [3.05, 3.63) is 56.1 Å². The lowest BCUT2D eigenvalue weighted by Gasteiger charge is -2.54. The zero-order valence-electron chi connectivity index (χ0n) is 26.5. The van der Waals surface area contributed by atoms with Gasteiger partial charge in [-0.05, 0) is 72.1 Å². The second-order valence-electron chi connectivity index (χ2n) is 13.4. The van der Waals surface area contributed by atoms with Crippen molar-refractivity contribution >= 4 is 46.1 Å². The summed E-state index contributed by atoms with van der Waals surface area (Å²) < 4.78 is 47.1. The molecule has 0 spiro atoms. The van der Waals surface area contributed by atoms with E-state index in [0.717, 1.165) is 31.0 Å². The minimum absolute atomic E-state index is 0.0417. The number of nitrogens with zero attached hydrogens (tertiary/aromatic N) is 5. The quantitative estimate of drug-likeness (QED) is 0.348. The Hall–Kier alpha value is -3.87. The monoisotopic (exact) mass is 660 g/mol. The molecule has 2 aromatic heterocycles. The molecule has 14 heteroatoms. The van der Waals surface area contributed by atoms with Crippen molar-refractivity contribution in [2.24, 2.45) is 0 Å². The summed E-state index contributed by atoms with van der Waals surface area (Å²) in [5.74, 6) is -0.754. The predicted molar refractivity (Wildman–Crippen MR) is 168 cm³/mol. The van der Waals surface area contributed by atoms with Crippen LogP contribution in [0.5, 0.6) is 0 Å². The second-order valence-corrected chi connectivity index (χ2v) is 13.8. The van der Waals surface area contributed by atoms with Gasteiger partial charge in [-0.1, -0.05) is 18.5 Å². The highest BCUT2D eigenvalue weighted by Crippen LogP contribution is 2.46. The number of aryl methyl sites for hydroxylation is 2. The Balaban J connectivity index is 1.42. The lowest BCUT2D eigenvalue weighted by atomic mass is 9.81. The number of alkyl halides is 3. The molecule has 1 saturated heterocycles. The maximum atomic E-state index is 14.3. The first-order valence-corrected chi connectivity index (χ1v) is 15.7. The van der Waals surface area contributed by atoms with Crippen LogP contribution in [0.15, 0.2) is 23.0 Å². The molecule has 3 aromatic rings. The van der Waals surface area contributed by atoms with Gasteiger partial charge in [0.25, 0.3) is 0 Å². The number of ether oxygens (including phenoxy) is 1. The van der Waals surface area contributed by atoms with Gasteiger partial charge in [0, 0.05) is 25.0 Å². The number of nitrogens with one attached hydrogen (secondary N) is 1. The van der Waals surface area contributed by atoms with Crippen LogP contribution in [-0.4, -0.2) is 62.2 Å².